The summed E-state index contributed by atoms with van der Waals surface area (Å²) in [5, 5.41) is 0. The first-order chi connectivity index (χ1) is 8.75. The molecule has 0 spiro atoms. The quantitative estimate of drug-likeness (QED) is 0.889. The van der Waals surface area contributed by atoms with E-state index in [-0.39, 0.29) is 6.04 Å². The zero-order valence-electron chi connectivity index (χ0n) is 11.4. The summed E-state index contributed by atoms with van der Waals surface area (Å²) in [6, 6.07) is 3.18. The van der Waals surface area contributed by atoms with E-state index in [2.05, 4.69) is 28.7 Å². The van der Waals surface area contributed by atoms with E-state index < -0.39 is 0 Å². The highest BCUT2D eigenvalue weighted by atomic mass is 15.2. The summed E-state index contributed by atoms with van der Waals surface area (Å²) < 4.78 is 2.46. The summed E-state index contributed by atoms with van der Waals surface area (Å²) in [6.07, 6.45) is 8.61. The number of fused-ring (bicyclic) bond motifs is 1. The van der Waals surface area contributed by atoms with Crippen molar-refractivity contribution in [2.24, 2.45) is 5.73 Å². The van der Waals surface area contributed by atoms with Gasteiger partial charge in [0.2, 0.25) is 0 Å². The van der Waals surface area contributed by atoms with Gasteiger partial charge < -0.3 is 10.3 Å². The standard InChI is InChI=1S/C15H25N3/c1-12(17-8-2-3-9-17)11-18-10-7-13-14(16)5-4-6-15(13)18/h7,10,12,14H,2-6,8-9,11,16H2,1H3. The number of hydrogen-bond donors (Lipinski definition) is 1. The lowest BCUT2D eigenvalue weighted by Crippen LogP contribution is -2.34. The van der Waals surface area contributed by atoms with Crippen molar-refractivity contribution in [3.63, 3.8) is 0 Å². The van der Waals surface area contributed by atoms with Gasteiger partial charge in [-0.25, -0.2) is 0 Å². The third-order valence-electron chi connectivity index (χ3n) is 4.67. The Morgan fingerprint density at radius 2 is 2.11 bits per heavy atom. The molecule has 1 aliphatic heterocycles. The van der Waals surface area contributed by atoms with Gasteiger partial charge in [0.25, 0.3) is 0 Å². The molecule has 2 aliphatic rings. The van der Waals surface area contributed by atoms with E-state index in [9.17, 15) is 0 Å². The van der Waals surface area contributed by atoms with Gasteiger partial charge in [0.1, 0.15) is 0 Å². The second-order valence-electron chi connectivity index (χ2n) is 5.96. The third kappa shape index (κ3) is 2.21. The van der Waals surface area contributed by atoms with Crippen LogP contribution in [-0.2, 0) is 13.0 Å². The fourth-order valence-electron chi connectivity index (χ4n) is 3.55. The Labute approximate surface area is 110 Å². The van der Waals surface area contributed by atoms with Crippen LogP contribution in [-0.4, -0.2) is 28.6 Å². The van der Waals surface area contributed by atoms with Crippen LogP contribution in [0.5, 0.6) is 0 Å². The Bertz CT molecular complexity index is 404. The van der Waals surface area contributed by atoms with Crippen LogP contribution < -0.4 is 5.73 Å². The van der Waals surface area contributed by atoms with E-state index in [1.807, 2.05) is 0 Å². The fraction of sp³-hybridized carbons (Fsp3) is 0.733. The van der Waals surface area contributed by atoms with E-state index >= 15 is 0 Å². The molecule has 1 aliphatic carbocycles. The molecule has 3 heteroatoms. The molecule has 0 radical (unpaired) electrons. The van der Waals surface area contributed by atoms with Crippen molar-refractivity contribution < 1.29 is 0 Å². The molecule has 1 aromatic rings. The molecule has 0 amide bonds. The summed E-state index contributed by atoms with van der Waals surface area (Å²) in [5.74, 6) is 0. The van der Waals surface area contributed by atoms with E-state index in [1.54, 1.807) is 0 Å². The summed E-state index contributed by atoms with van der Waals surface area (Å²) in [4.78, 5) is 2.62. The number of nitrogens with zero attached hydrogens (tertiary/aromatic N) is 2. The van der Waals surface area contributed by atoms with Crippen molar-refractivity contribution in [1.29, 1.82) is 0 Å². The molecule has 0 aromatic carbocycles. The van der Waals surface area contributed by atoms with Crippen LogP contribution in [0.2, 0.25) is 0 Å². The maximum Gasteiger partial charge on any atom is 0.0375 e. The Morgan fingerprint density at radius 3 is 2.89 bits per heavy atom. The zero-order chi connectivity index (χ0) is 12.5. The van der Waals surface area contributed by atoms with Gasteiger partial charge >= 0.3 is 0 Å². The van der Waals surface area contributed by atoms with Crippen LogP contribution in [0.3, 0.4) is 0 Å². The van der Waals surface area contributed by atoms with E-state index in [0.29, 0.717) is 6.04 Å². The molecule has 2 atom stereocenters. The lowest BCUT2D eigenvalue weighted by molar-refractivity contribution is 0.234. The van der Waals surface area contributed by atoms with Crippen LogP contribution >= 0.6 is 0 Å². The maximum absolute atomic E-state index is 6.19. The van der Waals surface area contributed by atoms with E-state index in [4.69, 9.17) is 5.73 Å². The van der Waals surface area contributed by atoms with Crippen molar-refractivity contribution in [3.05, 3.63) is 23.5 Å². The molecule has 3 rings (SSSR count). The van der Waals surface area contributed by atoms with Gasteiger partial charge in [-0.1, -0.05) is 0 Å². The highest BCUT2D eigenvalue weighted by Crippen LogP contribution is 2.29. The van der Waals surface area contributed by atoms with Crippen LogP contribution in [0.1, 0.15) is 49.9 Å². The van der Waals surface area contributed by atoms with Crippen LogP contribution in [0.25, 0.3) is 0 Å². The molecule has 100 valence electrons. The summed E-state index contributed by atoms with van der Waals surface area (Å²) in [6.45, 7) is 6.05. The van der Waals surface area contributed by atoms with Crippen molar-refractivity contribution in [3.8, 4) is 0 Å². The topological polar surface area (TPSA) is 34.2 Å². The molecule has 1 aromatic heterocycles. The van der Waals surface area contributed by atoms with Gasteiger partial charge in [0.15, 0.2) is 0 Å². The number of rotatable bonds is 3. The monoisotopic (exact) mass is 247 g/mol. The highest BCUT2D eigenvalue weighted by molar-refractivity contribution is 5.28. The molecule has 0 saturated carbocycles. The van der Waals surface area contributed by atoms with Gasteiger partial charge in [-0.15, -0.1) is 0 Å². The van der Waals surface area contributed by atoms with Crippen LogP contribution in [0.4, 0.5) is 0 Å². The molecule has 2 N–H and O–H groups in total. The lowest BCUT2D eigenvalue weighted by Gasteiger charge is -2.27. The summed E-state index contributed by atoms with van der Waals surface area (Å²) in [7, 11) is 0. The average molecular weight is 247 g/mol. The summed E-state index contributed by atoms with van der Waals surface area (Å²) >= 11 is 0. The van der Waals surface area contributed by atoms with Crippen molar-refractivity contribution in [1.82, 2.24) is 9.47 Å². The van der Waals surface area contributed by atoms with Gasteiger partial charge in [0.05, 0.1) is 0 Å². The van der Waals surface area contributed by atoms with Gasteiger partial charge in [-0.2, -0.15) is 0 Å². The molecule has 1 fully saturated rings. The smallest absolute Gasteiger partial charge is 0.0375 e. The number of likely N-dealkylation sites (tertiary alicyclic amines) is 1. The molecular formula is C15H25N3. The van der Waals surface area contributed by atoms with Crippen molar-refractivity contribution in [2.75, 3.05) is 13.1 Å². The van der Waals surface area contributed by atoms with Gasteiger partial charge in [-0.3, -0.25) is 4.90 Å². The molecule has 1 saturated heterocycles. The highest BCUT2D eigenvalue weighted by Gasteiger charge is 2.23. The molecule has 2 heterocycles. The normalized spacial score (nSPS) is 26.2. The van der Waals surface area contributed by atoms with E-state index in [1.165, 1.54) is 50.0 Å². The fourth-order valence-corrected chi connectivity index (χ4v) is 3.55. The number of aromatic nitrogens is 1. The average Bonchev–Trinajstić information content (AvgIpc) is 2.99. The number of hydrogen-bond acceptors (Lipinski definition) is 2. The minimum Gasteiger partial charge on any atom is -0.350 e. The maximum atomic E-state index is 6.19. The van der Waals surface area contributed by atoms with Crippen LogP contribution in [0.15, 0.2) is 12.3 Å². The predicted octanol–water partition coefficient (Wildman–Crippen LogP) is 2.31. The minimum atomic E-state index is 0.275. The van der Waals surface area contributed by atoms with Crippen molar-refractivity contribution >= 4 is 0 Å². The minimum absolute atomic E-state index is 0.275. The third-order valence-corrected chi connectivity index (χ3v) is 4.67. The first-order valence-electron chi connectivity index (χ1n) is 7.43. The van der Waals surface area contributed by atoms with Gasteiger partial charge in [0, 0.05) is 30.5 Å². The SMILES string of the molecule is CC(Cn1ccc2c1CCCC2N)N1CCCC1. The summed E-state index contributed by atoms with van der Waals surface area (Å²) in [5.41, 5.74) is 9.09. The predicted molar refractivity (Wildman–Crippen MR) is 74.6 cm³/mol. The second-order valence-corrected chi connectivity index (χ2v) is 5.96. The van der Waals surface area contributed by atoms with E-state index in [0.717, 1.165) is 13.0 Å². The molecule has 0 bridgehead atoms. The first kappa shape index (κ1) is 12.2. The Balaban J connectivity index is 1.72. The largest absolute Gasteiger partial charge is 0.350 e. The van der Waals surface area contributed by atoms with Crippen LogP contribution in [0, 0.1) is 0 Å². The van der Waals surface area contributed by atoms with Gasteiger partial charge in [-0.05, 0) is 63.7 Å². The Morgan fingerprint density at radius 1 is 1.33 bits per heavy atom. The zero-order valence-corrected chi connectivity index (χ0v) is 11.4. The molecule has 3 nitrogen and oxygen atoms in total. The first-order valence-corrected chi connectivity index (χ1v) is 7.43. The Hall–Kier alpha value is -0.800. The lowest BCUT2D eigenvalue weighted by atomic mass is 9.93. The molecular weight excluding hydrogens is 222 g/mol. The second kappa shape index (κ2) is 5.06. The Kier molecular flexibility index (Phi) is 3.44. The van der Waals surface area contributed by atoms with Crippen molar-refractivity contribution in [2.45, 2.75) is 57.7 Å². The molecule has 18 heavy (non-hydrogen) atoms. The number of nitrogens with two attached hydrogens (primary N) is 1. The molecule has 2 unspecified atom stereocenters.